The van der Waals surface area contributed by atoms with Crippen molar-refractivity contribution in [1.82, 2.24) is 9.88 Å². The number of amides is 1. The topological polar surface area (TPSA) is 68.4 Å². The smallest absolute Gasteiger partial charge is 0.249 e. The van der Waals surface area contributed by atoms with Crippen LogP contribution >= 0.6 is 0 Å². The minimum Gasteiger partial charge on any atom is -0.457 e. The fourth-order valence-electron chi connectivity index (χ4n) is 4.14. The number of aryl methyl sites for hydroxylation is 1. The number of nitrogens with two attached hydrogens (primary N) is 1. The van der Waals surface area contributed by atoms with Crippen molar-refractivity contribution in [2.24, 2.45) is 5.73 Å². The van der Waals surface area contributed by atoms with Crippen molar-refractivity contribution in [3.8, 4) is 11.5 Å². The summed E-state index contributed by atoms with van der Waals surface area (Å²) in [6.45, 7) is 4.77. The molecule has 2 heterocycles. The Morgan fingerprint density at radius 2 is 2.00 bits per heavy atom. The van der Waals surface area contributed by atoms with Gasteiger partial charge in [-0.3, -0.25) is 14.7 Å². The molecule has 3 aromatic rings. The predicted molar refractivity (Wildman–Crippen MR) is 118 cm³/mol. The van der Waals surface area contributed by atoms with E-state index in [-0.39, 0.29) is 5.92 Å². The molecule has 0 bridgehead atoms. The van der Waals surface area contributed by atoms with Gasteiger partial charge in [0.1, 0.15) is 11.5 Å². The molecule has 0 saturated carbocycles. The molecule has 154 valence electrons. The number of primary amides is 1. The van der Waals surface area contributed by atoms with E-state index in [4.69, 9.17) is 10.5 Å². The van der Waals surface area contributed by atoms with Crippen LogP contribution < -0.4 is 10.5 Å². The Morgan fingerprint density at radius 3 is 2.77 bits per heavy atom. The molecule has 0 radical (unpaired) electrons. The van der Waals surface area contributed by atoms with Gasteiger partial charge in [-0.05, 0) is 66.8 Å². The van der Waals surface area contributed by atoms with Crippen LogP contribution in [0, 0.1) is 0 Å². The van der Waals surface area contributed by atoms with E-state index in [0.29, 0.717) is 11.3 Å². The van der Waals surface area contributed by atoms with E-state index in [0.717, 1.165) is 55.0 Å². The second-order valence-electron chi connectivity index (χ2n) is 7.72. The quantitative estimate of drug-likeness (QED) is 0.632. The first-order valence-electron chi connectivity index (χ1n) is 10.5. The molecule has 2 N–H and O–H groups in total. The average molecular weight is 402 g/mol. The number of benzene rings is 2. The molecular weight excluding hydrogens is 374 g/mol. The largest absolute Gasteiger partial charge is 0.457 e. The molecule has 2 aromatic carbocycles. The van der Waals surface area contributed by atoms with Crippen molar-refractivity contribution >= 4 is 5.91 Å². The summed E-state index contributed by atoms with van der Waals surface area (Å²) >= 11 is 0. The molecule has 1 unspecified atom stereocenters. The Bertz CT molecular complexity index is 1020. The Labute approximate surface area is 177 Å². The standard InChI is InChI=1S/C25H27N3O2/c1-2-18-7-3-4-9-24(18)30-21-10-11-22(23(15-21)25(26)29)19-12-14-28(16-19)17-20-8-5-6-13-27-20/h3-11,13,15,19H,2,12,14,16-17H2,1H3,(H2,26,29). The Morgan fingerprint density at radius 1 is 1.17 bits per heavy atom. The molecule has 1 saturated heterocycles. The Kier molecular flexibility index (Phi) is 6.10. The van der Waals surface area contributed by atoms with E-state index >= 15 is 0 Å². The van der Waals surface area contributed by atoms with Crippen LogP contribution in [-0.2, 0) is 13.0 Å². The molecule has 1 aliphatic rings. The highest BCUT2D eigenvalue weighted by Gasteiger charge is 2.27. The van der Waals surface area contributed by atoms with E-state index < -0.39 is 5.91 Å². The maximum absolute atomic E-state index is 12.2. The monoisotopic (exact) mass is 401 g/mol. The molecule has 1 atom stereocenters. The number of para-hydroxylation sites is 1. The SMILES string of the molecule is CCc1ccccc1Oc1ccc(C2CCN(Cc3ccccn3)C2)c(C(N)=O)c1. The molecule has 0 aliphatic carbocycles. The van der Waals surface area contributed by atoms with Crippen LogP contribution in [0.15, 0.2) is 66.9 Å². The number of likely N-dealkylation sites (tertiary alicyclic amines) is 1. The third-order valence-corrected chi connectivity index (χ3v) is 5.70. The summed E-state index contributed by atoms with van der Waals surface area (Å²) in [5, 5.41) is 0. The summed E-state index contributed by atoms with van der Waals surface area (Å²) < 4.78 is 6.08. The van der Waals surface area contributed by atoms with Crippen molar-refractivity contribution in [2.75, 3.05) is 13.1 Å². The number of rotatable bonds is 7. The molecule has 1 aliphatic heterocycles. The van der Waals surface area contributed by atoms with E-state index in [1.54, 1.807) is 6.07 Å². The normalized spacial score (nSPS) is 16.5. The zero-order chi connectivity index (χ0) is 20.9. The lowest BCUT2D eigenvalue weighted by molar-refractivity contribution is 0.0998. The molecule has 30 heavy (non-hydrogen) atoms. The van der Waals surface area contributed by atoms with E-state index in [2.05, 4.69) is 16.8 Å². The van der Waals surface area contributed by atoms with Crippen LogP contribution in [0.25, 0.3) is 0 Å². The van der Waals surface area contributed by atoms with Gasteiger partial charge in [0.05, 0.1) is 5.69 Å². The average Bonchev–Trinajstić information content (AvgIpc) is 3.23. The summed E-state index contributed by atoms with van der Waals surface area (Å²) in [4.78, 5) is 19.0. The number of hydrogen-bond acceptors (Lipinski definition) is 4. The number of hydrogen-bond donors (Lipinski definition) is 1. The van der Waals surface area contributed by atoms with Crippen LogP contribution in [0.5, 0.6) is 11.5 Å². The van der Waals surface area contributed by atoms with Gasteiger partial charge >= 0.3 is 0 Å². The summed E-state index contributed by atoms with van der Waals surface area (Å²) in [7, 11) is 0. The maximum Gasteiger partial charge on any atom is 0.249 e. The van der Waals surface area contributed by atoms with Crippen LogP contribution in [0.3, 0.4) is 0 Å². The van der Waals surface area contributed by atoms with Crippen LogP contribution in [0.1, 0.15) is 46.4 Å². The highest BCUT2D eigenvalue weighted by atomic mass is 16.5. The second kappa shape index (κ2) is 9.09. The number of nitrogens with zero attached hydrogens (tertiary/aromatic N) is 2. The maximum atomic E-state index is 12.2. The number of ether oxygens (including phenoxy) is 1. The lowest BCUT2D eigenvalue weighted by atomic mass is 9.93. The zero-order valence-electron chi connectivity index (χ0n) is 17.3. The van der Waals surface area contributed by atoms with Crippen molar-refractivity contribution in [3.05, 3.63) is 89.2 Å². The Balaban J connectivity index is 1.52. The van der Waals surface area contributed by atoms with Gasteiger partial charge in [-0.1, -0.05) is 37.3 Å². The van der Waals surface area contributed by atoms with Crippen molar-refractivity contribution < 1.29 is 9.53 Å². The lowest BCUT2D eigenvalue weighted by Gasteiger charge is -2.18. The summed E-state index contributed by atoms with van der Waals surface area (Å²) in [6, 6.07) is 19.7. The van der Waals surface area contributed by atoms with Crippen molar-refractivity contribution in [1.29, 1.82) is 0 Å². The molecule has 5 nitrogen and oxygen atoms in total. The third kappa shape index (κ3) is 4.52. The molecule has 4 rings (SSSR count). The van der Waals surface area contributed by atoms with Gasteiger partial charge in [-0.2, -0.15) is 0 Å². The van der Waals surface area contributed by atoms with Crippen LogP contribution in [0.4, 0.5) is 0 Å². The number of carbonyl (C=O) groups excluding carboxylic acids is 1. The van der Waals surface area contributed by atoms with Crippen molar-refractivity contribution in [2.45, 2.75) is 32.2 Å². The molecule has 1 fully saturated rings. The highest BCUT2D eigenvalue weighted by molar-refractivity contribution is 5.95. The van der Waals surface area contributed by atoms with Crippen LogP contribution in [0.2, 0.25) is 0 Å². The van der Waals surface area contributed by atoms with Gasteiger partial charge in [-0.15, -0.1) is 0 Å². The van der Waals surface area contributed by atoms with E-state index in [1.807, 2.05) is 60.8 Å². The predicted octanol–water partition coefficient (Wildman–Crippen LogP) is 4.52. The fraction of sp³-hybridized carbons (Fsp3) is 0.280. The molecular formula is C25H27N3O2. The van der Waals surface area contributed by atoms with Gasteiger partial charge in [0.25, 0.3) is 0 Å². The van der Waals surface area contributed by atoms with E-state index in [1.165, 1.54) is 0 Å². The molecule has 0 spiro atoms. The summed E-state index contributed by atoms with van der Waals surface area (Å²) in [6.07, 6.45) is 3.70. The zero-order valence-corrected chi connectivity index (χ0v) is 17.3. The third-order valence-electron chi connectivity index (χ3n) is 5.70. The number of carbonyl (C=O) groups is 1. The fourth-order valence-corrected chi connectivity index (χ4v) is 4.14. The van der Waals surface area contributed by atoms with Gasteiger partial charge in [0.2, 0.25) is 5.91 Å². The lowest BCUT2D eigenvalue weighted by Crippen LogP contribution is -2.21. The van der Waals surface area contributed by atoms with Crippen molar-refractivity contribution in [3.63, 3.8) is 0 Å². The first kappa shape index (κ1) is 20.1. The molecule has 1 aromatic heterocycles. The van der Waals surface area contributed by atoms with Crippen LogP contribution in [-0.4, -0.2) is 28.9 Å². The second-order valence-corrected chi connectivity index (χ2v) is 7.72. The first-order valence-corrected chi connectivity index (χ1v) is 10.5. The minimum atomic E-state index is -0.414. The number of pyridine rings is 1. The van der Waals surface area contributed by atoms with Gasteiger partial charge < -0.3 is 10.5 Å². The minimum absolute atomic E-state index is 0.271. The highest BCUT2D eigenvalue weighted by Crippen LogP contribution is 2.34. The van der Waals surface area contributed by atoms with Gasteiger partial charge in [-0.25, -0.2) is 0 Å². The molecule has 5 heteroatoms. The Hall–Kier alpha value is -3.18. The van der Waals surface area contributed by atoms with Gasteiger partial charge in [0.15, 0.2) is 0 Å². The van der Waals surface area contributed by atoms with E-state index in [9.17, 15) is 4.79 Å². The summed E-state index contributed by atoms with van der Waals surface area (Å²) in [5.41, 5.74) is 9.48. The first-order chi connectivity index (χ1) is 14.6. The molecule has 1 amide bonds. The van der Waals surface area contributed by atoms with Gasteiger partial charge in [0, 0.05) is 24.8 Å². The summed E-state index contributed by atoms with van der Waals surface area (Å²) in [5.74, 6) is 1.30. The number of aromatic nitrogens is 1.